The number of cyclic esters (lactones) is 1. The molecule has 188 valence electrons. The molecule has 2 aliphatic rings. The summed E-state index contributed by atoms with van der Waals surface area (Å²) < 4.78 is 6.15. The van der Waals surface area contributed by atoms with E-state index >= 15 is 0 Å². The van der Waals surface area contributed by atoms with Gasteiger partial charge in [-0.2, -0.15) is 0 Å². The first-order valence-corrected chi connectivity index (χ1v) is 12.9. The Morgan fingerprint density at radius 3 is 2.42 bits per heavy atom. The van der Waals surface area contributed by atoms with Gasteiger partial charge in [0.05, 0.1) is 5.41 Å². The quantitative estimate of drug-likeness (QED) is 0.370. The lowest BCUT2D eigenvalue weighted by atomic mass is 9.75. The van der Waals surface area contributed by atoms with Gasteiger partial charge in [-0.05, 0) is 57.4 Å². The summed E-state index contributed by atoms with van der Waals surface area (Å²) in [6.45, 7) is 8.44. The van der Waals surface area contributed by atoms with Crippen molar-refractivity contribution in [1.29, 1.82) is 0 Å². The minimum absolute atomic E-state index is 0.0970. The number of fused-ring (bicyclic) bond motifs is 1. The van der Waals surface area contributed by atoms with Crippen LogP contribution in [0, 0.1) is 0 Å². The van der Waals surface area contributed by atoms with Gasteiger partial charge in [0.25, 0.3) is 0 Å². The number of benzene rings is 2. The number of hydrogen-bond donors (Lipinski definition) is 0. The first-order valence-electron chi connectivity index (χ1n) is 12.1. The van der Waals surface area contributed by atoms with Crippen molar-refractivity contribution >= 4 is 39.5 Å². The van der Waals surface area contributed by atoms with Crippen LogP contribution in [0.2, 0.25) is 0 Å². The number of carbonyl (C=O) groups excluding carboxylic acids is 3. The average molecular weight is 551 g/mol. The SMILES string of the molecule is CC(C)=CCN1C(=O)[C@@](CC=C(C)C)(CC(=O)N2C(=O)OC[C@@H]2c2ccccc2)c2ccc(Br)cc21. The van der Waals surface area contributed by atoms with Crippen molar-refractivity contribution in [1.82, 2.24) is 4.90 Å². The Morgan fingerprint density at radius 1 is 1.06 bits per heavy atom. The molecule has 1 saturated heterocycles. The fourth-order valence-electron chi connectivity index (χ4n) is 4.85. The zero-order valence-electron chi connectivity index (χ0n) is 21.1. The summed E-state index contributed by atoms with van der Waals surface area (Å²) in [5.74, 6) is -0.553. The molecule has 0 unspecified atom stereocenters. The lowest BCUT2D eigenvalue weighted by Crippen LogP contribution is -2.45. The minimum Gasteiger partial charge on any atom is -0.446 e. The Bertz CT molecular complexity index is 1250. The highest BCUT2D eigenvalue weighted by molar-refractivity contribution is 9.10. The monoisotopic (exact) mass is 550 g/mol. The molecule has 2 atom stereocenters. The Hall–Kier alpha value is -3.19. The van der Waals surface area contributed by atoms with Crippen molar-refractivity contribution in [3.05, 3.63) is 87.4 Å². The van der Waals surface area contributed by atoms with E-state index in [0.717, 1.165) is 32.4 Å². The molecule has 0 aromatic heterocycles. The highest BCUT2D eigenvalue weighted by atomic mass is 79.9. The van der Waals surface area contributed by atoms with Crippen molar-refractivity contribution in [3.8, 4) is 0 Å². The summed E-state index contributed by atoms with van der Waals surface area (Å²) in [6.07, 6.45) is 3.56. The Labute approximate surface area is 220 Å². The van der Waals surface area contributed by atoms with Gasteiger partial charge in [-0.25, -0.2) is 9.69 Å². The van der Waals surface area contributed by atoms with Crippen molar-refractivity contribution in [3.63, 3.8) is 0 Å². The van der Waals surface area contributed by atoms with Gasteiger partial charge in [0.1, 0.15) is 12.6 Å². The molecule has 36 heavy (non-hydrogen) atoms. The van der Waals surface area contributed by atoms with E-state index in [-0.39, 0.29) is 18.9 Å². The number of rotatable bonds is 7. The molecule has 3 amide bonds. The maximum absolute atomic E-state index is 14.2. The molecule has 2 heterocycles. The smallest absolute Gasteiger partial charge is 0.417 e. The molecule has 4 rings (SSSR count). The predicted octanol–water partition coefficient (Wildman–Crippen LogP) is 6.47. The molecule has 0 N–H and O–H groups in total. The maximum atomic E-state index is 14.2. The molecular weight excluding hydrogens is 520 g/mol. The second-order valence-electron chi connectivity index (χ2n) is 9.87. The van der Waals surface area contributed by atoms with E-state index < -0.39 is 23.5 Å². The fourth-order valence-corrected chi connectivity index (χ4v) is 5.20. The second-order valence-corrected chi connectivity index (χ2v) is 10.8. The highest BCUT2D eigenvalue weighted by Gasteiger charge is 2.53. The summed E-state index contributed by atoms with van der Waals surface area (Å²) in [7, 11) is 0. The lowest BCUT2D eigenvalue weighted by Gasteiger charge is -2.30. The van der Waals surface area contributed by atoms with E-state index in [0.29, 0.717) is 13.0 Å². The van der Waals surface area contributed by atoms with Crippen LogP contribution in [0.5, 0.6) is 0 Å². The zero-order valence-corrected chi connectivity index (χ0v) is 22.7. The lowest BCUT2D eigenvalue weighted by molar-refractivity contribution is -0.134. The van der Waals surface area contributed by atoms with Crippen LogP contribution in [0.4, 0.5) is 10.5 Å². The van der Waals surface area contributed by atoms with Gasteiger partial charge in [0.15, 0.2) is 0 Å². The van der Waals surface area contributed by atoms with Crippen molar-refractivity contribution in [2.45, 2.75) is 52.0 Å². The maximum Gasteiger partial charge on any atom is 0.417 e. The fraction of sp³-hybridized carbons (Fsp3) is 0.345. The normalized spacial score (nSPS) is 20.8. The van der Waals surface area contributed by atoms with Crippen LogP contribution in [0.25, 0.3) is 0 Å². The van der Waals surface area contributed by atoms with Crippen molar-refractivity contribution < 1.29 is 19.1 Å². The minimum atomic E-state index is -1.12. The number of hydrogen-bond acceptors (Lipinski definition) is 4. The van der Waals surface area contributed by atoms with Crippen LogP contribution in [-0.2, 0) is 19.7 Å². The standard InChI is InChI=1S/C29H31BrN2O4/c1-19(2)12-14-29(17-26(33)32-25(18-36-28(32)35)21-8-6-5-7-9-21)23-11-10-22(30)16-24(23)31(27(29)34)15-13-20(3)4/h5-13,16,25H,14-15,17-18H2,1-4H3/t25-,29+/m1/s1. The van der Waals surface area contributed by atoms with Crippen LogP contribution in [0.1, 0.15) is 57.7 Å². The summed E-state index contributed by atoms with van der Waals surface area (Å²) in [6, 6.07) is 14.6. The van der Waals surface area contributed by atoms with Crippen LogP contribution >= 0.6 is 15.9 Å². The molecule has 2 aromatic carbocycles. The topological polar surface area (TPSA) is 66.9 Å². The number of nitrogens with zero attached hydrogens (tertiary/aromatic N) is 2. The number of halogens is 1. The number of allylic oxidation sites excluding steroid dienone is 3. The highest BCUT2D eigenvalue weighted by Crippen LogP contribution is 2.48. The van der Waals surface area contributed by atoms with Gasteiger partial charge >= 0.3 is 6.09 Å². The van der Waals surface area contributed by atoms with Gasteiger partial charge < -0.3 is 9.64 Å². The van der Waals surface area contributed by atoms with Gasteiger partial charge in [-0.15, -0.1) is 0 Å². The Balaban J connectivity index is 1.78. The first kappa shape index (κ1) is 25.9. The molecule has 2 aliphatic heterocycles. The number of carbonyl (C=O) groups is 3. The summed E-state index contributed by atoms with van der Waals surface area (Å²) in [5.41, 5.74) is 3.44. The van der Waals surface area contributed by atoms with Gasteiger partial charge in [-0.3, -0.25) is 9.59 Å². The molecule has 0 aliphatic carbocycles. The largest absolute Gasteiger partial charge is 0.446 e. The molecule has 0 radical (unpaired) electrons. The van der Waals surface area contributed by atoms with Crippen molar-refractivity contribution in [2.24, 2.45) is 0 Å². The van der Waals surface area contributed by atoms with Gasteiger partial charge in [0, 0.05) is 23.1 Å². The molecule has 0 saturated carbocycles. The van der Waals surface area contributed by atoms with E-state index in [1.165, 1.54) is 4.90 Å². The molecular formula is C29H31BrN2O4. The van der Waals surface area contributed by atoms with E-state index in [1.54, 1.807) is 4.90 Å². The molecule has 7 heteroatoms. The molecule has 6 nitrogen and oxygen atoms in total. The van der Waals surface area contributed by atoms with Crippen LogP contribution in [0.15, 0.2) is 76.3 Å². The Morgan fingerprint density at radius 2 is 1.75 bits per heavy atom. The van der Waals surface area contributed by atoms with E-state index in [2.05, 4.69) is 15.9 Å². The molecule has 0 bridgehead atoms. The predicted molar refractivity (Wildman–Crippen MR) is 144 cm³/mol. The number of ether oxygens (including phenoxy) is 1. The Kier molecular flexibility index (Phi) is 7.50. The van der Waals surface area contributed by atoms with E-state index in [1.807, 2.05) is 88.4 Å². The number of amides is 3. The summed E-state index contributed by atoms with van der Waals surface area (Å²) in [4.78, 5) is 43.7. The van der Waals surface area contributed by atoms with Crippen molar-refractivity contribution in [2.75, 3.05) is 18.1 Å². The van der Waals surface area contributed by atoms with E-state index in [4.69, 9.17) is 4.74 Å². The van der Waals surface area contributed by atoms with E-state index in [9.17, 15) is 14.4 Å². The second kappa shape index (κ2) is 10.4. The summed E-state index contributed by atoms with van der Waals surface area (Å²) in [5, 5.41) is 0. The van der Waals surface area contributed by atoms with Crippen LogP contribution < -0.4 is 4.90 Å². The number of anilines is 1. The van der Waals surface area contributed by atoms with Crippen LogP contribution in [0.3, 0.4) is 0 Å². The summed E-state index contributed by atoms with van der Waals surface area (Å²) >= 11 is 3.54. The van der Waals surface area contributed by atoms with Crippen LogP contribution in [-0.4, -0.2) is 36.0 Å². The molecule has 2 aromatic rings. The first-order chi connectivity index (χ1) is 17.1. The molecule has 0 spiro atoms. The molecule has 1 fully saturated rings. The number of imide groups is 1. The van der Waals surface area contributed by atoms with Gasteiger partial charge in [0.2, 0.25) is 11.8 Å². The third-order valence-corrected chi connectivity index (χ3v) is 7.23. The van der Waals surface area contributed by atoms with Gasteiger partial charge in [-0.1, -0.05) is 75.6 Å². The third-order valence-electron chi connectivity index (χ3n) is 6.74. The average Bonchev–Trinajstić information content (AvgIpc) is 3.32. The zero-order chi connectivity index (χ0) is 26.0. The third kappa shape index (κ3) is 4.89.